The van der Waals surface area contributed by atoms with Gasteiger partial charge >= 0.3 is 0 Å². The molecule has 22 heavy (non-hydrogen) atoms. The maximum absolute atomic E-state index is 12.5. The Hall–Kier alpha value is -2.17. The Kier molecular flexibility index (Phi) is 4.51. The van der Waals surface area contributed by atoms with Crippen molar-refractivity contribution in [3.8, 4) is 0 Å². The van der Waals surface area contributed by atoms with Crippen LogP contribution in [0.2, 0.25) is 0 Å². The van der Waals surface area contributed by atoms with Crippen LogP contribution in [-0.2, 0) is 12.8 Å². The number of nitrogens with zero attached hydrogens (tertiary/aromatic N) is 3. The predicted octanol–water partition coefficient (Wildman–Crippen LogP) is 2.46. The molecular formula is C17H22N4O. The summed E-state index contributed by atoms with van der Waals surface area (Å²) in [5, 5.41) is 0. The quantitative estimate of drug-likeness (QED) is 0.943. The number of amides is 1. The molecule has 5 nitrogen and oxygen atoms in total. The fourth-order valence-electron chi connectivity index (χ4n) is 2.98. The van der Waals surface area contributed by atoms with Gasteiger partial charge in [-0.1, -0.05) is 13.0 Å². The molecule has 1 fully saturated rings. The fraction of sp³-hybridized carbons (Fsp3) is 0.471. The summed E-state index contributed by atoms with van der Waals surface area (Å²) in [7, 11) is 0. The molecule has 0 radical (unpaired) electrons. The third kappa shape index (κ3) is 3.35. The number of aryl methyl sites for hydroxylation is 1. The smallest absolute Gasteiger partial charge is 0.272 e. The van der Waals surface area contributed by atoms with Gasteiger partial charge in [0.15, 0.2) is 0 Å². The molecule has 1 aliphatic rings. The summed E-state index contributed by atoms with van der Waals surface area (Å²) < 4.78 is 0. The highest BCUT2D eigenvalue weighted by atomic mass is 16.2. The summed E-state index contributed by atoms with van der Waals surface area (Å²) in [6.07, 6.45) is 7.53. The maximum atomic E-state index is 12.5. The molecular weight excluding hydrogens is 276 g/mol. The molecule has 5 heteroatoms. The van der Waals surface area contributed by atoms with Crippen LogP contribution in [0, 0.1) is 5.92 Å². The number of imidazole rings is 1. The minimum atomic E-state index is 0.0618. The lowest BCUT2D eigenvalue weighted by atomic mass is 9.93. The third-order valence-corrected chi connectivity index (χ3v) is 4.33. The first-order chi connectivity index (χ1) is 10.8. The Balaban J connectivity index is 1.57. The van der Waals surface area contributed by atoms with Crippen molar-refractivity contribution >= 4 is 5.91 Å². The molecule has 2 aromatic rings. The Bertz CT molecular complexity index is 615. The van der Waals surface area contributed by atoms with E-state index < -0.39 is 0 Å². The van der Waals surface area contributed by atoms with Crippen LogP contribution in [0.5, 0.6) is 0 Å². The van der Waals surface area contributed by atoms with E-state index in [2.05, 4.69) is 21.9 Å². The number of piperidine rings is 1. The molecule has 0 spiro atoms. The van der Waals surface area contributed by atoms with Gasteiger partial charge in [0.1, 0.15) is 11.5 Å². The van der Waals surface area contributed by atoms with Crippen molar-refractivity contribution < 1.29 is 4.79 Å². The summed E-state index contributed by atoms with van der Waals surface area (Å²) in [5.41, 5.74) is 1.54. The lowest BCUT2D eigenvalue weighted by molar-refractivity contribution is 0.0683. The normalized spacial score (nSPS) is 16.0. The number of pyridine rings is 1. The lowest BCUT2D eigenvalue weighted by Gasteiger charge is -2.31. The van der Waals surface area contributed by atoms with Gasteiger partial charge in [-0.15, -0.1) is 0 Å². The minimum absolute atomic E-state index is 0.0618. The van der Waals surface area contributed by atoms with E-state index in [0.29, 0.717) is 11.6 Å². The Morgan fingerprint density at radius 2 is 2.18 bits per heavy atom. The van der Waals surface area contributed by atoms with Crippen LogP contribution >= 0.6 is 0 Å². The highest BCUT2D eigenvalue weighted by Gasteiger charge is 2.24. The Morgan fingerprint density at radius 1 is 1.36 bits per heavy atom. The van der Waals surface area contributed by atoms with Crippen LogP contribution in [0.1, 0.15) is 41.8 Å². The molecule has 1 amide bonds. The number of H-pyrrole nitrogens is 1. The van der Waals surface area contributed by atoms with E-state index in [-0.39, 0.29) is 5.91 Å². The van der Waals surface area contributed by atoms with Crippen molar-refractivity contribution in [2.45, 2.75) is 32.6 Å². The molecule has 1 aliphatic heterocycles. The molecule has 1 N–H and O–H groups in total. The van der Waals surface area contributed by atoms with Crippen LogP contribution in [0.4, 0.5) is 0 Å². The number of aromatic amines is 1. The molecule has 0 bridgehead atoms. The van der Waals surface area contributed by atoms with Crippen molar-refractivity contribution in [3.63, 3.8) is 0 Å². The first-order valence-corrected chi connectivity index (χ1v) is 7.99. The number of aromatic nitrogens is 3. The lowest BCUT2D eigenvalue weighted by Crippen LogP contribution is -2.39. The number of rotatable bonds is 4. The third-order valence-electron chi connectivity index (χ3n) is 4.33. The molecule has 0 unspecified atom stereocenters. The van der Waals surface area contributed by atoms with Gasteiger partial charge in [0, 0.05) is 37.6 Å². The number of nitrogens with one attached hydrogen (secondary N) is 1. The van der Waals surface area contributed by atoms with Gasteiger partial charge in [-0.05, 0) is 37.3 Å². The molecule has 116 valence electrons. The second kappa shape index (κ2) is 6.73. The monoisotopic (exact) mass is 298 g/mol. The van der Waals surface area contributed by atoms with Gasteiger partial charge in [-0.25, -0.2) is 9.97 Å². The first-order valence-electron chi connectivity index (χ1n) is 7.99. The fourth-order valence-corrected chi connectivity index (χ4v) is 2.98. The summed E-state index contributed by atoms with van der Waals surface area (Å²) >= 11 is 0. The Morgan fingerprint density at radius 3 is 2.86 bits per heavy atom. The average Bonchev–Trinajstić information content (AvgIpc) is 3.08. The minimum Gasteiger partial charge on any atom is -0.349 e. The van der Waals surface area contributed by atoms with Crippen LogP contribution in [0.25, 0.3) is 0 Å². The summed E-state index contributed by atoms with van der Waals surface area (Å²) in [6, 6.07) is 5.70. The van der Waals surface area contributed by atoms with Gasteiger partial charge in [-0.3, -0.25) is 4.79 Å². The van der Waals surface area contributed by atoms with E-state index in [9.17, 15) is 4.79 Å². The largest absolute Gasteiger partial charge is 0.349 e. The number of hydrogen-bond donors (Lipinski definition) is 1. The van der Waals surface area contributed by atoms with Crippen molar-refractivity contribution in [3.05, 3.63) is 47.8 Å². The van der Waals surface area contributed by atoms with Gasteiger partial charge in [0.25, 0.3) is 5.91 Å². The molecule has 1 saturated heterocycles. The van der Waals surface area contributed by atoms with E-state index in [1.165, 1.54) is 0 Å². The van der Waals surface area contributed by atoms with E-state index in [0.717, 1.165) is 50.3 Å². The summed E-state index contributed by atoms with van der Waals surface area (Å²) in [5.74, 6) is 1.71. The number of carbonyl (C=O) groups is 1. The van der Waals surface area contributed by atoms with Crippen LogP contribution in [0.15, 0.2) is 30.6 Å². The zero-order valence-corrected chi connectivity index (χ0v) is 13.0. The number of hydrogen-bond acceptors (Lipinski definition) is 3. The van der Waals surface area contributed by atoms with Crippen molar-refractivity contribution in [1.29, 1.82) is 0 Å². The summed E-state index contributed by atoms with van der Waals surface area (Å²) in [6.45, 7) is 3.67. The van der Waals surface area contributed by atoms with Gasteiger partial charge in [-0.2, -0.15) is 0 Å². The molecule has 3 heterocycles. The van der Waals surface area contributed by atoms with Crippen LogP contribution in [-0.4, -0.2) is 38.8 Å². The topological polar surface area (TPSA) is 61.9 Å². The highest BCUT2D eigenvalue weighted by Crippen LogP contribution is 2.21. The zero-order chi connectivity index (χ0) is 15.4. The molecule has 0 aromatic carbocycles. The van der Waals surface area contributed by atoms with Crippen LogP contribution < -0.4 is 0 Å². The number of likely N-dealkylation sites (tertiary alicyclic amines) is 1. The van der Waals surface area contributed by atoms with Crippen molar-refractivity contribution in [1.82, 2.24) is 19.9 Å². The molecule has 0 atom stereocenters. The molecule has 3 rings (SSSR count). The Labute approximate surface area is 130 Å². The SMILES string of the molecule is CCc1cccc(C(=O)N2CCC(Cc3ncc[nH]3)CC2)n1. The van der Waals surface area contributed by atoms with Gasteiger partial charge in [0.05, 0.1) is 0 Å². The van der Waals surface area contributed by atoms with Gasteiger partial charge in [0.2, 0.25) is 0 Å². The van der Waals surface area contributed by atoms with Gasteiger partial charge < -0.3 is 9.88 Å². The van der Waals surface area contributed by atoms with Crippen molar-refractivity contribution in [2.75, 3.05) is 13.1 Å². The standard InChI is InChI=1S/C17H22N4O/c1-2-14-4-3-5-15(20-14)17(22)21-10-6-13(7-11-21)12-16-18-8-9-19-16/h3-5,8-9,13H,2,6-7,10-12H2,1H3,(H,18,19). The average molecular weight is 298 g/mol. The summed E-state index contributed by atoms with van der Waals surface area (Å²) in [4.78, 5) is 26.3. The highest BCUT2D eigenvalue weighted by molar-refractivity contribution is 5.92. The molecule has 0 aliphatic carbocycles. The molecule has 2 aromatic heterocycles. The van der Waals surface area contributed by atoms with E-state index >= 15 is 0 Å². The first kappa shape index (κ1) is 14.8. The second-order valence-electron chi connectivity index (χ2n) is 5.84. The van der Waals surface area contributed by atoms with E-state index in [4.69, 9.17) is 0 Å². The second-order valence-corrected chi connectivity index (χ2v) is 5.84. The van der Waals surface area contributed by atoms with E-state index in [1.54, 1.807) is 6.20 Å². The molecule has 0 saturated carbocycles. The maximum Gasteiger partial charge on any atom is 0.272 e. The van der Waals surface area contributed by atoms with Crippen molar-refractivity contribution in [2.24, 2.45) is 5.92 Å². The van der Waals surface area contributed by atoms with E-state index in [1.807, 2.05) is 29.3 Å². The predicted molar refractivity (Wildman–Crippen MR) is 84.5 cm³/mol. The zero-order valence-electron chi connectivity index (χ0n) is 13.0. The number of carbonyl (C=O) groups excluding carboxylic acids is 1. The van der Waals surface area contributed by atoms with Crippen LogP contribution in [0.3, 0.4) is 0 Å².